The van der Waals surface area contributed by atoms with Gasteiger partial charge in [0.2, 0.25) is 0 Å². The average Bonchev–Trinajstić information content (AvgIpc) is 3.02. The molecule has 28 heavy (non-hydrogen) atoms. The van der Waals surface area contributed by atoms with E-state index in [-0.39, 0.29) is 18.1 Å². The van der Waals surface area contributed by atoms with Crippen LogP contribution >= 0.6 is 0 Å². The molecule has 3 rings (SSSR count). The monoisotopic (exact) mass is 408 g/mol. The molecule has 2 aromatic carbocycles. The summed E-state index contributed by atoms with van der Waals surface area (Å²) >= 11 is 0. The average molecular weight is 408 g/mol. The van der Waals surface area contributed by atoms with Gasteiger partial charge in [-0.3, -0.25) is 4.18 Å². The van der Waals surface area contributed by atoms with Gasteiger partial charge < -0.3 is 19.7 Å². The Kier molecular flexibility index (Phi) is 6.49. The van der Waals surface area contributed by atoms with Gasteiger partial charge in [0.1, 0.15) is 24.4 Å². The van der Waals surface area contributed by atoms with Crippen LogP contribution < -0.4 is 0 Å². The summed E-state index contributed by atoms with van der Waals surface area (Å²) in [4.78, 5) is 0.00601. The zero-order valence-corrected chi connectivity index (χ0v) is 16.3. The Labute approximate surface area is 164 Å². The highest BCUT2D eigenvalue weighted by molar-refractivity contribution is 7.86. The Morgan fingerprint density at radius 3 is 2.46 bits per heavy atom. The highest BCUT2D eigenvalue weighted by Gasteiger charge is 2.51. The van der Waals surface area contributed by atoms with E-state index in [0.717, 1.165) is 11.1 Å². The van der Waals surface area contributed by atoms with Crippen molar-refractivity contribution in [3.8, 4) is 0 Å². The lowest BCUT2D eigenvalue weighted by molar-refractivity contribution is -0.141. The molecule has 3 atom stereocenters. The lowest BCUT2D eigenvalue weighted by Gasteiger charge is -2.32. The molecule has 0 radical (unpaired) electrons. The highest BCUT2D eigenvalue weighted by Crippen LogP contribution is 2.31. The van der Waals surface area contributed by atoms with Gasteiger partial charge in [0.05, 0.1) is 24.7 Å². The van der Waals surface area contributed by atoms with Crippen LogP contribution in [0.15, 0.2) is 59.5 Å². The van der Waals surface area contributed by atoms with Gasteiger partial charge in [-0.15, -0.1) is 0 Å². The molecule has 0 saturated carbocycles. The number of aryl methyl sites for hydroxylation is 1. The largest absolute Gasteiger partial charge is 0.393 e. The molecule has 7 nitrogen and oxygen atoms in total. The molecule has 2 aromatic rings. The summed E-state index contributed by atoms with van der Waals surface area (Å²) in [5.41, 5.74) is 0.315. The molecule has 0 amide bonds. The number of hydrogen-bond donors (Lipinski definition) is 2. The molecule has 0 bridgehead atoms. The second-order valence-electron chi connectivity index (χ2n) is 6.85. The van der Waals surface area contributed by atoms with Gasteiger partial charge in [-0.1, -0.05) is 48.0 Å². The van der Waals surface area contributed by atoms with E-state index in [9.17, 15) is 18.6 Å². The van der Waals surface area contributed by atoms with Crippen LogP contribution in [0.25, 0.3) is 0 Å². The SMILES string of the molecule is Cc1ccc(S(=O)(=O)OC[C@]2(CO)OCC(O)C2OCc2ccccc2)cc1. The van der Waals surface area contributed by atoms with E-state index in [4.69, 9.17) is 13.7 Å². The van der Waals surface area contributed by atoms with Crippen molar-refractivity contribution < 1.29 is 32.3 Å². The number of rotatable bonds is 8. The predicted molar refractivity (Wildman–Crippen MR) is 101 cm³/mol. The van der Waals surface area contributed by atoms with E-state index in [1.807, 2.05) is 37.3 Å². The van der Waals surface area contributed by atoms with Gasteiger partial charge in [-0.25, -0.2) is 0 Å². The van der Waals surface area contributed by atoms with E-state index in [2.05, 4.69) is 0 Å². The summed E-state index contributed by atoms with van der Waals surface area (Å²) in [5.74, 6) is 0. The maximum absolute atomic E-state index is 12.5. The number of benzene rings is 2. The summed E-state index contributed by atoms with van der Waals surface area (Å²) in [5, 5.41) is 20.2. The molecule has 1 fully saturated rings. The van der Waals surface area contributed by atoms with Crippen molar-refractivity contribution in [2.24, 2.45) is 0 Å². The molecule has 152 valence electrons. The van der Waals surface area contributed by atoms with Gasteiger partial charge in [-0.2, -0.15) is 8.42 Å². The lowest BCUT2D eigenvalue weighted by atomic mass is 9.97. The van der Waals surface area contributed by atoms with Crippen molar-refractivity contribution in [1.29, 1.82) is 0 Å². The summed E-state index contributed by atoms with van der Waals surface area (Å²) in [6.07, 6.45) is -1.95. The minimum Gasteiger partial charge on any atom is -0.393 e. The van der Waals surface area contributed by atoms with Crippen molar-refractivity contribution in [1.82, 2.24) is 0 Å². The number of hydrogen-bond acceptors (Lipinski definition) is 7. The van der Waals surface area contributed by atoms with Crippen LogP contribution in [0.2, 0.25) is 0 Å². The predicted octanol–water partition coefficient (Wildman–Crippen LogP) is 1.41. The van der Waals surface area contributed by atoms with Crippen molar-refractivity contribution >= 4 is 10.1 Å². The number of aliphatic hydroxyl groups excluding tert-OH is 2. The van der Waals surface area contributed by atoms with E-state index in [0.29, 0.717) is 0 Å². The van der Waals surface area contributed by atoms with Crippen molar-refractivity contribution in [2.45, 2.75) is 36.2 Å². The third-order valence-corrected chi connectivity index (χ3v) is 6.00. The minimum absolute atomic E-state index is 0.00601. The molecule has 1 aliphatic rings. The maximum atomic E-state index is 12.5. The van der Waals surface area contributed by atoms with E-state index in [1.165, 1.54) is 12.1 Å². The molecule has 8 heteroatoms. The Balaban J connectivity index is 1.72. The van der Waals surface area contributed by atoms with Gasteiger partial charge in [0.25, 0.3) is 10.1 Å². The fourth-order valence-electron chi connectivity index (χ4n) is 3.05. The summed E-state index contributed by atoms with van der Waals surface area (Å²) in [7, 11) is -4.05. The Morgan fingerprint density at radius 1 is 1.14 bits per heavy atom. The third kappa shape index (κ3) is 4.60. The first-order valence-electron chi connectivity index (χ1n) is 8.91. The Bertz CT molecular complexity index is 867. The molecule has 1 heterocycles. The quantitative estimate of drug-likeness (QED) is 0.637. The molecular formula is C20H24O7S. The van der Waals surface area contributed by atoms with Crippen LogP contribution in [0.5, 0.6) is 0 Å². The zero-order chi connectivity index (χ0) is 20.2. The minimum atomic E-state index is -4.05. The molecule has 1 saturated heterocycles. The van der Waals surface area contributed by atoms with Crippen LogP contribution in [0.1, 0.15) is 11.1 Å². The van der Waals surface area contributed by atoms with E-state index >= 15 is 0 Å². The first kappa shape index (κ1) is 20.9. The summed E-state index contributed by atoms with van der Waals surface area (Å²) in [6.45, 7) is 0.899. The van der Waals surface area contributed by atoms with E-state index in [1.54, 1.807) is 12.1 Å². The summed E-state index contributed by atoms with van der Waals surface area (Å²) < 4.78 is 41.4. The van der Waals surface area contributed by atoms with Crippen molar-refractivity contribution in [3.05, 3.63) is 65.7 Å². The number of ether oxygens (including phenoxy) is 2. The molecule has 0 aliphatic carbocycles. The molecule has 2 unspecified atom stereocenters. The lowest BCUT2D eigenvalue weighted by Crippen LogP contribution is -2.51. The third-order valence-electron chi connectivity index (χ3n) is 4.72. The summed E-state index contributed by atoms with van der Waals surface area (Å²) in [6, 6.07) is 15.5. The first-order chi connectivity index (χ1) is 13.4. The van der Waals surface area contributed by atoms with Crippen LogP contribution in [0.3, 0.4) is 0 Å². The second kappa shape index (κ2) is 8.69. The standard InChI is InChI=1S/C20H24O7S/c1-15-7-9-17(10-8-15)28(23,24)27-14-20(13-21)19(18(22)12-26-20)25-11-16-5-3-2-4-6-16/h2-10,18-19,21-22H,11-14H2,1H3/t18?,19?,20-/m0/s1. The molecule has 0 spiro atoms. The number of aliphatic hydroxyl groups is 2. The highest BCUT2D eigenvalue weighted by atomic mass is 32.2. The second-order valence-corrected chi connectivity index (χ2v) is 8.46. The molecular weight excluding hydrogens is 384 g/mol. The zero-order valence-electron chi connectivity index (χ0n) is 15.5. The topological polar surface area (TPSA) is 102 Å². The molecule has 1 aliphatic heterocycles. The van der Waals surface area contributed by atoms with Crippen LogP contribution in [0.4, 0.5) is 0 Å². The fraction of sp³-hybridized carbons (Fsp3) is 0.400. The Morgan fingerprint density at radius 2 is 1.82 bits per heavy atom. The normalized spacial score (nSPS) is 25.1. The van der Waals surface area contributed by atoms with Crippen LogP contribution in [-0.4, -0.2) is 56.3 Å². The fourth-order valence-corrected chi connectivity index (χ4v) is 4.01. The molecule has 0 aromatic heterocycles. The van der Waals surface area contributed by atoms with E-state index < -0.39 is 41.1 Å². The van der Waals surface area contributed by atoms with Gasteiger partial charge in [0, 0.05) is 0 Å². The van der Waals surface area contributed by atoms with Gasteiger partial charge in [0.15, 0.2) is 0 Å². The first-order valence-corrected chi connectivity index (χ1v) is 10.3. The van der Waals surface area contributed by atoms with Crippen LogP contribution in [-0.2, 0) is 30.4 Å². The Hall–Kier alpha value is -1.81. The van der Waals surface area contributed by atoms with Gasteiger partial charge in [-0.05, 0) is 24.6 Å². The van der Waals surface area contributed by atoms with Crippen LogP contribution in [0, 0.1) is 6.92 Å². The smallest absolute Gasteiger partial charge is 0.297 e. The van der Waals surface area contributed by atoms with Gasteiger partial charge >= 0.3 is 0 Å². The molecule has 2 N–H and O–H groups in total. The van der Waals surface area contributed by atoms with Crippen molar-refractivity contribution in [2.75, 3.05) is 19.8 Å². The maximum Gasteiger partial charge on any atom is 0.297 e. The van der Waals surface area contributed by atoms with Crippen molar-refractivity contribution in [3.63, 3.8) is 0 Å².